The summed E-state index contributed by atoms with van der Waals surface area (Å²) in [7, 11) is 1.64. The zero-order valence-electron chi connectivity index (χ0n) is 19.7. The summed E-state index contributed by atoms with van der Waals surface area (Å²) in [5.74, 6) is 0.916. The molecular formula is C27H33N3O4. The third kappa shape index (κ3) is 6.16. The number of hydrogen-bond acceptors (Lipinski definition) is 4. The molecule has 2 N–H and O–H groups in total. The maximum atomic E-state index is 13.4. The molecule has 2 aromatic carbocycles. The van der Waals surface area contributed by atoms with Crippen LogP contribution in [0.2, 0.25) is 0 Å². The lowest BCUT2D eigenvalue weighted by atomic mass is 9.84. The molecule has 0 unspecified atom stereocenters. The molecule has 0 radical (unpaired) electrons. The van der Waals surface area contributed by atoms with Gasteiger partial charge in [-0.2, -0.15) is 0 Å². The molecule has 0 aliphatic carbocycles. The lowest BCUT2D eigenvalue weighted by molar-refractivity contribution is -0.133. The minimum Gasteiger partial charge on any atom is -0.497 e. The van der Waals surface area contributed by atoms with E-state index in [-0.39, 0.29) is 23.8 Å². The van der Waals surface area contributed by atoms with E-state index in [9.17, 15) is 14.4 Å². The van der Waals surface area contributed by atoms with Crippen molar-refractivity contribution in [3.05, 3.63) is 65.7 Å². The number of carbonyl (C=O) groups excluding carboxylic acids is 3. The van der Waals surface area contributed by atoms with Crippen LogP contribution in [-0.2, 0) is 27.3 Å². The fourth-order valence-corrected chi connectivity index (χ4v) is 4.96. The summed E-state index contributed by atoms with van der Waals surface area (Å²) in [4.78, 5) is 39.1. The molecule has 180 valence electrons. The van der Waals surface area contributed by atoms with E-state index >= 15 is 0 Å². The second kappa shape index (κ2) is 10.7. The minimum atomic E-state index is -0.429. The summed E-state index contributed by atoms with van der Waals surface area (Å²) in [6, 6.07) is 17.8. The quantitative estimate of drug-likeness (QED) is 0.567. The predicted molar refractivity (Wildman–Crippen MR) is 129 cm³/mol. The van der Waals surface area contributed by atoms with Crippen LogP contribution < -0.4 is 15.4 Å². The first kappa shape index (κ1) is 23.8. The van der Waals surface area contributed by atoms with Gasteiger partial charge < -0.3 is 20.3 Å². The number of nitrogens with zero attached hydrogens (tertiary/aromatic N) is 1. The largest absolute Gasteiger partial charge is 0.497 e. The van der Waals surface area contributed by atoms with Gasteiger partial charge in [-0.3, -0.25) is 14.4 Å². The molecular weight excluding hydrogens is 430 g/mol. The summed E-state index contributed by atoms with van der Waals surface area (Å²) in [5.41, 5.74) is 1.73. The highest BCUT2D eigenvalue weighted by Gasteiger charge is 2.38. The number of carbonyl (C=O) groups is 3. The van der Waals surface area contributed by atoms with Crippen LogP contribution in [0.5, 0.6) is 5.75 Å². The highest BCUT2D eigenvalue weighted by Crippen LogP contribution is 2.30. The molecule has 2 saturated heterocycles. The van der Waals surface area contributed by atoms with Crippen LogP contribution in [0.15, 0.2) is 54.6 Å². The topological polar surface area (TPSA) is 87.7 Å². The maximum Gasteiger partial charge on any atom is 0.223 e. The fraction of sp³-hybridized carbons (Fsp3) is 0.444. The first-order valence-electron chi connectivity index (χ1n) is 12.0. The molecule has 7 heteroatoms. The molecule has 0 aromatic heterocycles. The Labute approximate surface area is 200 Å². The van der Waals surface area contributed by atoms with E-state index in [1.54, 1.807) is 7.11 Å². The van der Waals surface area contributed by atoms with E-state index in [2.05, 4.69) is 10.6 Å². The minimum absolute atomic E-state index is 0.0143. The molecule has 0 bridgehead atoms. The van der Waals surface area contributed by atoms with Gasteiger partial charge in [0.05, 0.1) is 7.11 Å². The predicted octanol–water partition coefficient (Wildman–Crippen LogP) is 2.97. The summed E-state index contributed by atoms with van der Waals surface area (Å²) >= 11 is 0. The van der Waals surface area contributed by atoms with Gasteiger partial charge in [0.2, 0.25) is 17.7 Å². The van der Waals surface area contributed by atoms with Crippen molar-refractivity contribution in [2.45, 2.75) is 63.1 Å². The highest BCUT2D eigenvalue weighted by atomic mass is 16.5. The van der Waals surface area contributed by atoms with E-state index in [4.69, 9.17) is 4.74 Å². The van der Waals surface area contributed by atoms with Crippen LogP contribution in [0.1, 0.15) is 49.7 Å². The third-order valence-electron chi connectivity index (χ3n) is 6.85. The van der Waals surface area contributed by atoms with Crippen molar-refractivity contribution >= 4 is 17.7 Å². The molecule has 34 heavy (non-hydrogen) atoms. The van der Waals surface area contributed by atoms with Gasteiger partial charge in [0.25, 0.3) is 0 Å². The molecule has 2 aliphatic rings. The molecule has 2 aliphatic heterocycles. The summed E-state index contributed by atoms with van der Waals surface area (Å²) in [5, 5.41) is 6.15. The zero-order valence-corrected chi connectivity index (χ0v) is 19.7. The lowest BCUT2D eigenvalue weighted by Crippen LogP contribution is -2.46. The van der Waals surface area contributed by atoms with Crippen LogP contribution in [0.25, 0.3) is 0 Å². The monoisotopic (exact) mass is 463 g/mol. The van der Waals surface area contributed by atoms with Crippen molar-refractivity contribution in [3.8, 4) is 5.75 Å². The van der Waals surface area contributed by atoms with Crippen molar-refractivity contribution in [2.75, 3.05) is 13.7 Å². The van der Waals surface area contributed by atoms with Gasteiger partial charge >= 0.3 is 0 Å². The highest BCUT2D eigenvalue weighted by molar-refractivity contribution is 5.81. The van der Waals surface area contributed by atoms with Gasteiger partial charge in [0, 0.05) is 43.9 Å². The molecule has 0 spiro atoms. The summed E-state index contributed by atoms with van der Waals surface area (Å²) in [6.45, 7) is 1.00. The fourth-order valence-electron chi connectivity index (χ4n) is 4.96. The molecule has 4 rings (SSSR count). The smallest absolute Gasteiger partial charge is 0.223 e. The van der Waals surface area contributed by atoms with Crippen molar-refractivity contribution < 1.29 is 19.1 Å². The first-order valence-corrected chi connectivity index (χ1v) is 12.0. The van der Waals surface area contributed by atoms with E-state index in [1.807, 2.05) is 59.5 Å². The Morgan fingerprint density at radius 2 is 1.79 bits per heavy atom. The Morgan fingerprint density at radius 1 is 1.03 bits per heavy atom. The van der Waals surface area contributed by atoms with Crippen LogP contribution in [0.4, 0.5) is 0 Å². The van der Waals surface area contributed by atoms with Crippen LogP contribution in [0, 0.1) is 0 Å². The number of hydrogen-bond donors (Lipinski definition) is 2. The molecule has 2 aromatic rings. The lowest BCUT2D eigenvalue weighted by Gasteiger charge is -2.31. The average molecular weight is 464 g/mol. The standard InChI is InChI=1S/C27H33N3O4/c1-34-23-10-7-20(8-11-23)17-27(15-13-25(32)29-27)16-14-26(33)30(18-21-5-3-2-4-6-21)19-22-9-12-24(31)28-22/h2-8,10-11,22H,9,12-19H2,1H3,(H,28,31)(H,29,32)/t22-,27-/m0/s1. The van der Waals surface area contributed by atoms with Gasteiger partial charge in [-0.15, -0.1) is 0 Å². The normalized spacial score (nSPS) is 21.7. The van der Waals surface area contributed by atoms with Crippen LogP contribution >= 0.6 is 0 Å². The number of amides is 3. The van der Waals surface area contributed by atoms with E-state index < -0.39 is 5.54 Å². The molecule has 7 nitrogen and oxygen atoms in total. The summed E-state index contributed by atoms with van der Waals surface area (Å²) < 4.78 is 5.25. The zero-order chi connectivity index (χ0) is 24.0. The Kier molecular flexibility index (Phi) is 7.50. The third-order valence-corrected chi connectivity index (χ3v) is 6.85. The molecule has 2 atom stereocenters. The van der Waals surface area contributed by atoms with Crippen molar-refractivity contribution in [1.29, 1.82) is 0 Å². The summed E-state index contributed by atoms with van der Waals surface area (Å²) in [6.07, 6.45) is 4.03. The van der Waals surface area contributed by atoms with Crippen molar-refractivity contribution in [2.24, 2.45) is 0 Å². The van der Waals surface area contributed by atoms with Crippen LogP contribution in [0.3, 0.4) is 0 Å². The van der Waals surface area contributed by atoms with E-state index in [0.717, 1.165) is 23.3 Å². The van der Waals surface area contributed by atoms with Crippen molar-refractivity contribution in [1.82, 2.24) is 15.5 Å². The Bertz CT molecular complexity index is 1010. The molecule has 0 saturated carbocycles. The van der Waals surface area contributed by atoms with Gasteiger partial charge in [-0.05, 0) is 48.9 Å². The molecule has 2 heterocycles. The first-order chi connectivity index (χ1) is 16.4. The Hall–Kier alpha value is -3.35. The van der Waals surface area contributed by atoms with E-state index in [1.165, 1.54) is 0 Å². The number of methoxy groups -OCH3 is 1. The molecule has 2 fully saturated rings. The number of ether oxygens (including phenoxy) is 1. The Morgan fingerprint density at radius 3 is 2.41 bits per heavy atom. The van der Waals surface area contributed by atoms with Crippen molar-refractivity contribution in [3.63, 3.8) is 0 Å². The van der Waals surface area contributed by atoms with Gasteiger partial charge in [-0.25, -0.2) is 0 Å². The van der Waals surface area contributed by atoms with Crippen LogP contribution in [-0.4, -0.2) is 47.9 Å². The number of nitrogens with one attached hydrogen (secondary N) is 2. The van der Waals surface area contributed by atoms with Gasteiger partial charge in [0.15, 0.2) is 0 Å². The van der Waals surface area contributed by atoms with Gasteiger partial charge in [0.1, 0.15) is 5.75 Å². The molecule has 3 amide bonds. The van der Waals surface area contributed by atoms with E-state index in [0.29, 0.717) is 51.6 Å². The second-order valence-corrected chi connectivity index (χ2v) is 9.42. The Balaban J connectivity index is 1.44. The van der Waals surface area contributed by atoms with Gasteiger partial charge in [-0.1, -0.05) is 42.5 Å². The average Bonchev–Trinajstić information content (AvgIpc) is 3.43. The number of benzene rings is 2. The maximum absolute atomic E-state index is 13.4. The second-order valence-electron chi connectivity index (χ2n) is 9.42. The number of rotatable bonds is 10. The SMILES string of the molecule is COc1ccc(C[C@@]2(CCC(=O)N(Cc3ccccc3)C[C@@H]3CCC(=O)N3)CCC(=O)N2)cc1.